The predicted molar refractivity (Wildman–Crippen MR) is 78.8 cm³/mol. The second-order valence-corrected chi connectivity index (χ2v) is 7.42. The van der Waals surface area contributed by atoms with Crippen LogP contribution in [0.1, 0.15) is 18.4 Å². The van der Waals surface area contributed by atoms with E-state index in [1.165, 1.54) is 18.2 Å². The van der Waals surface area contributed by atoms with Gasteiger partial charge in [-0.25, -0.2) is 13.1 Å². The van der Waals surface area contributed by atoms with Crippen LogP contribution in [0.4, 0.5) is 5.69 Å². The van der Waals surface area contributed by atoms with Crippen LogP contribution in [0.2, 0.25) is 0 Å². The third-order valence-corrected chi connectivity index (χ3v) is 5.92. The molecule has 2 bridgehead atoms. The summed E-state index contributed by atoms with van der Waals surface area (Å²) in [6.45, 7) is 2.85. The van der Waals surface area contributed by atoms with E-state index in [-0.39, 0.29) is 16.5 Å². The minimum atomic E-state index is -3.70. The number of hydrogen-bond acceptors (Lipinski definition) is 5. The van der Waals surface area contributed by atoms with Gasteiger partial charge in [-0.05, 0) is 50.0 Å². The minimum Gasteiger partial charge on any atom is -0.399 e. The first-order chi connectivity index (χ1) is 9.99. The van der Waals surface area contributed by atoms with Crippen LogP contribution in [0.5, 0.6) is 0 Å². The highest BCUT2D eigenvalue weighted by Crippen LogP contribution is 2.29. The van der Waals surface area contributed by atoms with Gasteiger partial charge in [-0.2, -0.15) is 5.26 Å². The zero-order valence-corrected chi connectivity index (χ0v) is 12.4. The molecule has 4 rings (SSSR count). The lowest BCUT2D eigenvalue weighted by Gasteiger charge is -2.44. The monoisotopic (exact) mass is 306 g/mol. The Hall–Kier alpha value is -1.62. The number of anilines is 1. The molecule has 0 aromatic heterocycles. The second-order valence-electron chi connectivity index (χ2n) is 5.73. The van der Waals surface area contributed by atoms with Crippen molar-refractivity contribution in [2.45, 2.75) is 23.8 Å². The van der Waals surface area contributed by atoms with Crippen molar-refractivity contribution < 1.29 is 8.42 Å². The lowest BCUT2D eigenvalue weighted by atomic mass is 9.85. The van der Waals surface area contributed by atoms with Crippen molar-refractivity contribution in [1.82, 2.24) is 9.62 Å². The smallest absolute Gasteiger partial charge is 0.242 e. The fourth-order valence-electron chi connectivity index (χ4n) is 3.23. The van der Waals surface area contributed by atoms with Gasteiger partial charge in [0.05, 0.1) is 10.5 Å². The van der Waals surface area contributed by atoms with Crippen LogP contribution >= 0.6 is 0 Å². The summed E-state index contributed by atoms with van der Waals surface area (Å²) in [5.74, 6) is 0.393. The standard InChI is InChI=1S/C14H18N4O2S/c15-8-11-7-12(16)1-2-14(11)21(19,20)17-13-9-18-5-3-10(13)4-6-18/h1-2,7,10,13,17H,3-6,9,16H2. The lowest BCUT2D eigenvalue weighted by Crippen LogP contribution is -2.57. The van der Waals surface area contributed by atoms with Gasteiger partial charge < -0.3 is 10.6 Å². The zero-order chi connectivity index (χ0) is 15.0. The van der Waals surface area contributed by atoms with Crippen molar-refractivity contribution >= 4 is 15.7 Å². The van der Waals surface area contributed by atoms with Gasteiger partial charge in [0.1, 0.15) is 6.07 Å². The molecule has 6 nitrogen and oxygen atoms in total. The molecule has 1 atom stereocenters. The normalized spacial score (nSPS) is 28.2. The van der Waals surface area contributed by atoms with Gasteiger partial charge in [0, 0.05) is 18.3 Å². The molecular weight excluding hydrogens is 288 g/mol. The summed E-state index contributed by atoms with van der Waals surface area (Å²) in [6, 6.07) is 6.14. The largest absolute Gasteiger partial charge is 0.399 e. The minimum absolute atomic E-state index is 0.00986. The number of sulfonamides is 1. The fourth-order valence-corrected chi connectivity index (χ4v) is 4.66. The van der Waals surface area contributed by atoms with Crippen LogP contribution in [0, 0.1) is 17.2 Å². The molecule has 0 spiro atoms. The average Bonchev–Trinajstić information content (AvgIpc) is 2.47. The molecule has 0 amide bonds. The van der Waals surface area contributed by atoms with Crippen LogP contribution in [0.15, 0.2) is 23.1 Å². The maximum atomic E-state index is 12.5. The van der Waals surface area contributed by atoms with Crippen LogP contribution in [0.3, 0.4) is 0 Å². The van der Waals surface area contributed by atoms with Crippen molar-refractivity contribution in [3.8, 4) is 6.07 Å². The molecule has 1 aromatic carbocycles. The first kappa shape index (κ1) is 14.3. The first-order valence-corrected chi connectivity index (χ1v) is 8.52. The van der Waals surface area contributed by atoms with Gasteiger partial charge in [0.2, 0.25) is 10.0 Å². The Morgan fingerprint density at radius 3 is 2.62 bits per heavy atom. The van der Waals surface area contributed by atoms with Crippen molar-refractivity contribution in [1.29, 1.82) is 5.26 Å². The van der Waals surface area contributed by atoms with E-state index < -0.39 is 10.0 Å². The van der Waals surface area contributed by atoms with Crippen molar-refractivity contribution in [3.63, 3.8) is 0 Å². The molecule has 3 aliphatic rings. The fraction of sp³-hybridized carbons (Fsp3) is 0.500. The Morgan fingerprint density at radius 1 is 1.33 bits per heavy atom. The number of fused-ring (bicyclic) bond motifs is 3. The number of piperidine rings is 3. The highest BCUT2D eigenvalue weighted by molar-refractivity contribution is 7.89. The van der Waals surface area contributed by atoms with Crippen LogP contribution in [-0.2, 0) is 10.0 Å². The van der Waals surface area contributed by atoms with Crippen LogP contribution in [-0.4, -0.2) is 39.0 Å². The number of nitrogens with zero attached hydrogens (tertiary/aromatic N) is 2. The van der Waals surface area contributed by atoms with Gasteiger partial charge in [-0.15, -0.1) is 0 Å². The Labute approximate surface area is 124 Å². The first-order valence-electron chi connectivity index (χ1n) is 7.04. The molecular formula is C14H18N4O2S. The number of nitrogens with two attached hydrogens (primary N) is 1. The summed E-state index contributed by atoms with van der Waals surface area (Å²) in [6.07, 6.45) is 2.06. The molecule has 0 aliphatic carbocycles. The van der Waals surface area contributed by atoms with E-state index in [4.69, 9.17) is 11.0 Å². The van der Waals surface area contributed by atoms with E-state index in [1.807, 2.05) is 6.07 Å². The molecule has 7 heteroatoms. The van der Waals surface area contributed by atoms with Gasteiger partial charge in [-0.1, -0.05) is 0 Å². The Bertz CT molecular complexity index is 687. The molecule has 0 saturated carbocycles. The highest BCUT2D eigenvalue weighted by Gasteiger charge is 2.36. The van der Waals surface area contributed by atoms with Gasteiger partial charge in [-0.3, -0.25) is 0 Å². The maximum absolute atomic E-state index is 12.5. The Kier molecular flexibility index (Phi) is 3.61. The van der Waals surface area contributed by atoms with E-state index in [2.05, 4.69) is 9.62 Å². The summed E-state index contributed by atoms with van der Waals surface area (Å²) in [5, 5.41) is 9.11. The number of benzene rings is 1. The quantitative estimate of drug-likeness (QED) is 0.793. The lowest BCUT2D eigenvalue weighted by molar-refractivity contribution is 0.0827. The maximum Gasteiger partial charge on any atom is 0.242 e. The Balaban J connectivity index is 1.86. The van der Waals surface area contributed by atoms with Gasteiger partial charge in [0.25, 0.3) is 0 Å². The highest BCUT2D eigenvalue weighted by atomic mass is 32.2. The molecule has 0 radical (unpaired) electrons. The third kappa shape index (κ3) is 2.75. The molecule has 3 heterocycles. The molecule has 21 heavy (non-hydrogen) atoms. The van der Waals surface area contributed by atoms with Crippen LogP contribution in [0.25, 0.3) is 0 Å². The number of nitriles is 1. The number of nitrogens with one attached hydrogen (secondary N) is 1. The van der Waals surface area contributed by atoms with Gasteiger partial charge >= 0.3 is 0 Å². The summed E-state index contributed by atoms with van der Waals surface area (Å²) >= 11 is 0. The summed E-state index contributed by atoms with van der Waals surface area (Å²) in [7, 11) is -3.70. The summed E-state index contributed by atoms with van der Waals surface area (Å²) in [4.78, 5) is 2.29. The summed E-state index contributed by atoms with van der Waals surface area (Å²) in [5.41, 5.74) is 6.08. The van der Waals surface area contributed by atoms with E-state index >= 15 is 0 Å². The molecule has 1 unspecified atom stereocenters. The van der Waals surface area contributed by atoms with E-state index in [9.17, 15) is 8.42 Å². The van der Waals surface area contributed by atoms with E-state index in [0.29, 0.717) is 11.6 Å². The molecule has 3 N–H and O–H groups in total. The zero-order valence-electron chi connectivity index (χ0n) is 11.6. The van der Waals surface area contributed by atoms with Gasteiger partial charge in [0.15, 0.2) is 0 Å². The topological polar surface area (TPSA) is 99.2 Å². The Morgan fingerprint density at radius 2 is 2.05 bits per heavy atom. The molecule has 3 saturated heterocycles. The predicted octanol–water partition coefficient (Wildman–Crippen LogP) is 0.513. The molecule has 3 fully saturated rings. The molecule has 1 aromatic rings. The summed E-state index contributed by atoms with van der Waals surface area (Å²) < 4.78 is 27.9. The average molecular weight is 306 g/mol. The second kappa shape index (κ2) is 5.30. The van der Waals surface area contributed by atoms with Crippen molar-refractivity contribution in [2.24, 2.45) is 5.92 Å². The van der Waals surface area contributed by atoms with Crippen molar-refractivity contribution in [3.05, 3.63) is 23.8 Å². The number of hydrogen-bond donors (Lipinski definition) is 2. The number of nitrogen functional groups attached to an aromatic ring is 1. The molecule has 3 aliphatic heterocycles. The van der Waals surface area contributed by atoms with Crippen LogP contribution < -0.4 is 10.5 Å². The molecule has 112 valence electrons. The van der Waals surface area contributed by atoms with Crippen molar-refractivity contribution in [2.75, 3.05) is 25.4 Å². The van der Waals surface area contributed by atoms with E-state index in [0.717, 1.165) is 32.5 Å². The third-order valence-electron chi connectivity index (χ3n) is 4.38. The van der Waals surface area contributed by atoms with E-state index in [1.54, 1.807) is 0 Å². The SMILES string of the molecule is N#Cc1cc(N)ccc1S(=O)(=O)NC1CN2CCC1CC2. The number of rotatable bonds is 3.